The standard InChI is InChI=1S/C27H39N5O5S/c1-5-20(26(33)34)37-21-14-13-19(18-10-7-6-8-11-18)16-22(21)38(35,36)28-15-9-12-24-29-30-25-17-23(27(2,3)4)31-32(24)25/h13-14,16-18,20,28,30H,5-12,15H2,1-4H3,(H,33,34). The van der Waals surface area contributed by atoms with Crippen LogP contribution in [0.25, 0.3) is 5.65 Å². The molecule has 2 heterocycles. The molecule has 1 atom stereocenters. The van der Waals surface area contributed by atoms with E-state index in [9.17, 15) is 18.3 Å². The van der Waals surface area contributed by atoms with E-state index in [0.29, 0.717) is 18.8 Å². The number of aromatic amines is 1. The molecule has 1 unspecified atom stereocenters. The summed E-state index contributed by atoms with van der Waals surface area (Å²) in [7, 11) is -3.95. The number of benzene rings is 1. The second kappa shape index (κ2) is 11.4. The molecule has 0 spiro atoms. The van der Waals surface area contributed by atoms with Gasteiger partial charge in [0, 0.05) is 24.4 Å². The Bertz CT molecular complexity index is 1370. The van der Waals surface area contributed by atoms with Crippen molar-refractivity contribution in [2.45, 2.75) is 101 Å². The predicted octanol–water partition coefficient (Wildman–Crippen LogP) is 4.56. The Morgan fingerprint density at radius 1 is 1.24 bits per heavy atom. The minimum Gasteiger partial charge on any atom is -0.479 e. The van der Waals surface area contributed by atoms with Gasteiger partial charge in [-0.05, 0) is 49.3 Å². The van der Waals surface area contributed by atoms with Crippen molar-refractivity contribution in [3.63, 3.8) is 0 Å². The normalized spacial score (nSPS) is 16.1. The number of carbonyl (C=O) groups is 1. The number of H-pyrrole nitrogens is 1. The van der Waals surface area contributed by atoms with E-state index in [2.05, 4.69) is 40.8 Å². The molecule has 4 rings (SSSR count). The molecule has 1 aliphatic rings. The van der Waals surface area contributed by atoms with Crippen LogP contribution in [0.3, 0.4) is 0 Å². The lowest BCUT2D eigenvalue weighted by atomic mass is 9.84. The van der Waals surface area contributed by atoms with Crippen molar-refractivity contribution in [3.05, 3.63) is 41.3 Å². The fraction of sp³-hybridized carbons (Fsp3) is 0.593. The van der Waals surface area contributed by atoms with Gasteiger partial charge in [0.25, 0.3) is 0 Å². The summed E-state index contributed by atoms with van der Waals surface area (Å²) in [4.78, 5) is 11.6. The highest BCUT2D eigenvalue weighted by Crippen LogP contribution is 2.36. The van der Waals surface area contributed by atoms with Crippen LogP contribution in [0.2, 0.25) is 0 Å². The van der Waals surface area contributed by atoms with E-state index in [-0.39, 0.29) is 29.0 Å². The number of nitrogens with one attached hydrogen (secondary N) is 2. The van der Waals surface area contributed by atoms with Crippen molar-refractivity contribution in [1.29, 1.82) is 0 Å². The van der Waals surface area contributed by atoms with Crippen molar-refractivity contribution in [1.82, 2.24) is 24.5 Å². The number of hydrogen-bond donors (Lipinski definition) is 3. The van der Waals surface area contributed by atoms with Gasteiger partial charge in [-0.3, -0.25) is 5.10 Å². The Kier molecular flexibility index (Phi) is 8.46. The molecule has 0 bridgehead atoms. The highest BCUT2D eigenvalue weighted by Gasteiger charge is 2.27. The maximum Gasteiger partial charge on any atom is 0.344 e. The molecule has 0 saturated heterocycles. The van der Waals surface area contributed by atoms with Crippen LogP contribution in [0.1, 0.15) is 95.6 Å². The van der Waals surface area contributed by atoms with Gasteiger partial charge in [0.2, 0.25) is 10.0 Å². The molecule has 3 N–H and O–H groups in total. The first kappa shape index (κ1) is 28.1. The number of carboxylic acids is 1. The lowest BCUT2D eigenvalue weighted by Gasteiger charge is -2.24. The molecule has 3 aromatic rings. The molecule has 1 fully saturated rings. The van der Waals surface area contributed by atoms with Crippen molar-refractivity contribution >= 4 is 21.6 Å². The topological polar surface area (TPSA) is 139 Å². The van der Waals surface area contributed by atoms with Crippen LogP contribution in [-0.4, -0.2) is 52.0 Å². The number of hydrogen-bond acceptors (Lipinski definition) is 6. The molecule has 0 amide bonds. The number of nitrogens with zero attached hydrogens (tertiary/aromatic N) is 3. The van der Waals surface area contributed by atoms with E-state index in [0.717, 1.165) is 48.4 Å². The van der Waals surface area contributed by atoms with Gasteiger partial charge in [-0.2, -0.15) is 14.7 Å². The molecule has 0 aliphatic heterocycles. The molecule has 208 valence electrons. The average Bonchev–Trinajstić information content (AvgIpc) is 3.47. The monoisotopic (exact) mass is 545 g/mol. The molecule has 2 aromatic heterocycles. The van der Waals surface area contributed by atoms with Crippen LogP contribution >= 0.6 is 0 Å². The molecule has 0 radical (unpaired) electrons. The maximum atomic E-state index is 13.4. The Morgan fingerprint density at radius 3 is 2.63 bits per heavy atom. The van der Waals surface area contributed by atoms with Crippen LogP contribution in [0.4, 0.5) is 0 Å². The second-order valence-corrected chi connectivity index (χ2v) is 12.8. The lowest BCUT2D eigenvalue weighted by molar-refractivity contribution is -0.145. The van der Waals surface area contributed by atoms with Gasteiger partial charge in [-0.15, -0.1) is 0 Å². The van der Waals surface area contributed by atoms with E-state index in [4.69, 9.17) is 4.74 Å². The van der Waals surface area contributed by atoms with E-state index in [1.54, 1.807) is 23.6 Å². The number of rotatable bonds is 11. The number of aromatic nitrogens is 4. The Balaban J connectivity index is 1.49. The third-order valence-electron chi connectivity index (χ3n) is 7.14. The van der Waals surface area contributed by atoms with Crippen molar-refractivity contribution in [3.8, 4) is 5.75 Å². The average molecular weight is 546 g/mol. The van der Waals surface area contributed by atoms with E-state index < -0.39 is 22.1 Å². The van der Waals surface area contributed by atoms with Gasteiger partial charge in [0.15, 0.2) is 17.6 Å². The quantitative estimate of drug-likeness (QED) is 0.300. The summed E-state index contributed by atoms with van der Waals surface area (Å²) in [5, 5.41) is 21.4. The van der Waals surface area contributed by atoms with Crippen LogP contribution in [0.15, 0.2) is 29.2 Å². The summed E-state index contributed by atoms with van der Waals surface area (Å²) in [6.45, 7) is 8.16. The fourth-order valence-corrected chi connectivity index (χ4v) is 6.11. The molecule has 11 heteroatoms. The Morgan fingerprint density at radius 2 is 1.97 bits per heavy atom. The third kappa shape index (κ3) is 6.37. The molecule has 38 heavy (non-hydrogen) atoms. The van der Waals surface area contributed by atoms with Crippen molar-refractivity contribution in [2.24, 2.45) is 0 Å². The zero-order chi connectivity index (χ0) is 27.5. The third-order valence-corrected chi connectivity index (χ3v) is 8.62. The van der Waals surface area contributed by atoms with Gasteiger partial charge in [-0.1, -0.05) is 53.0 Å². The van der Waals surface area contributed by atoms with Crippen molar-refractivity contribution in [2.75, 3.05) is 6.54 Å². The first-order valence-electron chi connectivity index (χ1n) is 13.5. The molecule has 10 nitrogen and oxygen atoms in total. The SMILES string of the molecule is CCC(Oc1ccc(C2CCCCC2)cc1S(=O)(=O)NCCCc1n[nH]c2cc(C(C)(C)C)nn12)C(=O)O. The van der Waals surface area contributed by atoms with Crippen LogP contribution in [-0.2, 0) is 26.7 Å². The first-order valence-corrected chi connectivity index (χ1v) is 14.9. The van der Waals surface area contributed by atoms with Crippen LogP contribution in [0.5, 0.6) is 5.75 Å². The number of fused-ring (bicyclic) bond motifs is 1. The zero-order valence-electron chi connectivity index (χ0n) is 22.7. The zero-order valence-corrected chi connectivity index (χ0v) is 23.5. The fourth-order valence-electron chi connectivity index (χ4n) is 4.87. The minimum absolute atomic E-state index is 0.00988. The number of aliphatic carboxylic acids is 1. The Labute approximate surface area is 224 Å². The Hall–Kier alpha value is -2.92. The summed E-state index contributed by atoms with van der Waals surface area (Å²) in [6.07, 6.45) is 5.59. The van der Waals surface area contributed by atoms with Gasteiger partial charge in [0.05, 0.1) is 5.69 Å². The summed E-state index contributed by atoms with van der Waals surface area (Å²) < 4.78 is 37.0. The van der Waals surface area contributed by atoms with Crippen LogP contribution in [0, 0.1) is 0 Å². The number of sulfonamides is 1. The molecule has 1 aromatic carbocycles. The first-order chi connectivity index (χ1) is 18.0. The van der Waals surface area contributed by atoms with Gasteiger partial charge in [-0.25, -0.2) is 17.9 Å². The molecular formula is C27H39N5O5S. The maximum absolute atomic E-state index is 13.4. The summed E-state index contributed by atoms with van der Waals surface area (Å²) >= 11 is 0. The number of ether oxygens (including phenoxy) is 1. The molecule has 1 aliphatic carbocycles. The summed E-state index contributed by atoms with van der Waals surface area (Å²) in [5.41, 5.74) is 2.61. The summed E-state index contributed by atoms with van der Waals surface area (Å²) in [5.74, 6) is -0.0436. The lowest BCUT2D eigenvalue weighted by Crippen LogP contribution is -2.29. The van der Waals surface area contributed by atoms with E-state index in [1.165, 1.54) is 6.42 Å². The predicted molar refractivity (Wildman–Crippen MR) is 144 cm³/mol. The number of aryl methyl sites for hydroxylation is 1. The highest BCUT2D eigenvalue weighted by atomic mass is 32.2. The van der Waals surface area contributed by atoms with E-state index in [1.807, 2.05) is 12.1 Å². The van der Waals surface area contributed by atoms with Crippen LogP contribution < -0.4 is 9.46 Å². The highest BCUT2D eigenvalue weighted by molar-refractivity contribution is 7.89. The van der Waals surface area contributed by atoms with Gasteiger partial charge >= 0.3 is 5.97 Å². The van der Waals surface area contributed by atoms with Gasteiger partial charge < -0.3 is 9.84 Å². The van der Waals surface area contributed by atoms with Gasteiger partial charge in [0.1, 0.15) is 10.6 Å². The smallest absolute Gasteiger partial charge is 0.344 e. The molecular weight excluding hydrogens is 506 g/mol. The number of carboxylic acid groups (broad SMARTS) is 1. The van der Waals surface area contributed by atoms with Crippen molar-refractivity contribution < 1.29 is 23.1 Å². The minimum atomic E-state index is -3.95. The van der Waals surface area contributed by atoms with E-state index >= 15 is 0 Å². The molecule has 1 saturated carbocycles. The second-order valence-electron chi connectivity index (χ2n) is 11.1. The summed E-state index contributed by atoms with van der Waals surface area (Å²) in [6, 6.07) is 7.12. The largest absolute Gasteiger partial charge is 0.479 e.